The van der Waals surface area contributed by atoms with Gasteiger partial charge in [0.15, 0.2) is 5.69 Å². The number of nitrogens with zero attached hydrogens (tertiary/aromatic N) is 2. The average molecular weight is 418 g/mol. The molecule has 0 bridgehead atoms. The molecule has 3 aromatic rings. The molecule has 2 amide bonds. The Balaban J connectivity index is 1.34. The number of amides is 2. The largest absolute Gasteiger partial charge is 0.489 e. The number of carbonyl (C=O) groups is 2. The molecule has 8 heteroatoms. The highest BCUT2D eigenvalue weighted by Crippen LogP contribution is 2.32. The van der Waals surface area contributed by atoms with E-state index < -0.39 is 11.9 Å². The van der Waals surface area contributed by atoms with E-state index >= 15 is 0 Å². The van der Waals surface area contributed by atoms with Gasteiger partial charge in [-0.2, -0.15) is 5.10 Å². The minimum Gasteiger partial charge on any atom is -0.489 e. The number of nitrogens with one attached hydrogen (secondary N) is 2. The standard InChI is InChI=1S/C23H22N4O4/c1-27-18-9-5-6-10-19(18)30-13-17(23(27)29)24-22(28)21-15-11-20(14-7-3-2-4-8-14)31-12-16(15)25-26-21/h2-10,17,20H,11-13H2,1H3,(H,24,28)(H,25,26)/t17-,20?/m0/s1. The van der Waals surface area contributed by atoms with E-state index in [1.807, 2.05) is 48.5 Å². The number of fused-ring (bicyclic) bond motifs is 2. The number of benzene rings is 2. The number of rotatable bonds is 3. The Morgan fingerprint density at radius 2 is 1.94 bits per heavy atom. The molecule has 1 unspecified atom stereocenters. The van der Waals surface area contributed by atoms with Crippen LogP contribution in [0.25, 0.3) is 0 Å². The number of likely N-dealkylation sites (N-methyl/N-ethyl adjacent to an activating group) is 1. The lowest BCUT2D eigenvalue weighted by atomic mass is 9.97. The monoisotopic (exact) mass is 418 g/mol. The van der Waals surface area contributed by atoms with Crippen LogP contribution in [0.5, 0.6) is 5.75 Å². The van der Waals surface area contributed by atoms with Crippen LogP contribution in [0.2, 0.25) is 0 Å². The van der Waals surface area contributed by atoms with E-state index in [2.05, 4.69) is 15.5 Å². The molecule has 0 saturated carbocycles. The van der Waals surface area contributed by atoms with Crippen molar-refractivity contribution in [2.75, 3.05) is 18.6 Å². The van der Waals surface area contributed by atoms with E-state index in [0.717, 1.165) is 16.8 Å². The Kier molecular flexibility index (Phi) is 4.91. The van der Waals surface area contributed by atoms with E-state index in [1.165, 1.54) is 4.90 Å². The topological polar surface area (TPSA) is 96.6 Å². The molecule has 0 aliphatic carbocycles. The number of aromatic amines is 1. The molecule has 1 aromatic heterocycles. The van der Waals surface area contributed by atoms with Gasteiger partial charge in [0.25, 0.3) is 11.8 Å². The van der Waals surface area contributed by atoms with Gasteiger partial charge in [-0.1, -0.05) is 42.5 Å². The van der Waals surface area contributed by atoms with Gasteiger partial charge in [-0.05, 0) is 17.7 Å². The Morgan fingerprint density at radius 3 is 2.77 bits per heavy atom. The summed E-state index contributed by atoms with van der Waals surface area (Å²) in [7, 11) is 1.67. The number of anilines is 1. The maximum absolute atomic E-state index is 13.1. The van der Waals surface area contributed by atoms with E-state index in [4.69, 9.17) is 9.47 Å². The molecule has 0 spiro atoms. The summed E-state index contributed by atoms with van der Waals surface area (Å²) in [5.41, 5.74) is 3.61. The smallest absolute Gasteiger partial charge is 0.272 e. The van der Waals surface area contributed by atoms with Crippen LogP contribution in [0.1, 0.15) is 33.4 Å². The van der Waals surface area contributed by atoms with Crippen LogP contribution < -0.4 is 15.0 Å². The van der Waals surface area contributed by atoms with Gasteiger partial charge in [0, 0.05) is 19.0 Å². The van der Waals surface area contributed by atoms with E-state index in [1.54, 1.807) is 13.1 Å². The maximum Gasteiger partial charge on any atom is 0.272 e. The third-order valence-electron chi connectivity index (χ3n) is 5.72. The second-order valence-electron chi connectivity index (χ2n) is 7.65. The van der Waals surface area contributed by atoms with Crippen molar-refractivity contribution in [2.45, 2.75) is 25.2 Å². The van der Waals surface area contributed by atoms with E-state index in [-0.39, 0.29) is 24.3 Å². The molecule has 2 aliphatic rings. The van der Waals surface area contributed by atoms with Gasteiger partial charge < -0.3 is 19.7 Å². The van der Waals surface area contributed by atoms with Crippen molar-refractivity contribution in [1.82, 2.24) is 15.5 Å². The van der Waals surface area contributed by atoms with Crippen LogP contribution in [-0.4, -0.2) is 41.7 Å². The van der Waals surface area contributed by atoms with E-state index in [9.17, 15) is 9.59 Å². The molecule has 8 nitrogen and oxygen atoms in total. The molecule has 2 aromatic carbocycles. The summed E-state index contributed by atoms with van der Waals surface area (Å²) in [5.74, 6) is -0.0455. The van der Waals surface area contributed by atoms with E-state index in [0.29, 0.717) is 24.5 Å². The highest BCUT2D eigenvalue weighted by atomic mass is 16.5. The fraction of sp³-hybridized carbons (Fsp3) is 0.261. The highest BCUT2D eigenvalue weighted by Gasteiger charge is 2.33. The first kappa shape index (κ1) is 19.3. The van der Waals surface area contributed by atoms with Crippen molar-refractivity contribution in [1.29, 1.82) is 0 Å². The molecule has 5 rings (SSSR count). The zero-order valence-electron chi connectivity index (χ0n) is 17.0. The van der Waals surface area contributed by atoms with Gasteiger partial charge in [0.05, 0.1) is 24.1 Å². The summed E-state index contributed by atoms with van der Waals surface area (Å²) < 4.78 is 11.7. The Hall–Kier alpha value is -3.65. The Morgan fingerprint density at radius 1 is 1.16 bits per heavy atom. The lowest BCUT2D eigenvalue weighted by Gasteiger charge is -2.24. The third kappa shape index (κ3) is 3.55. The summed E-state index contributed by atoms with van der Waals surface area (Å²) in [6.45, 7) is 0.396. The van der Waals surface area contributed by atoms with Crippen molar-refractivity contribution < 1.29 is 19.1 Å². The quantitative estimate of drug-likeness (QED) is 0.681. The summed E-state index contributed by atoms with van der Waals surface area (Å²) in [6.07, 6.45) is 0.375. The maximum atomic E-state index is 13.1. The number of hydrogen-bond acceptors (Lipinski definition) is 5. The summed E-state index contributed by atoms with van der Waals surface area (Å²) in [5, 5.41) is 9.92. The molecule has 2 N–H and O–H groups in total. The molecule has 0 fully saturated rings. The normalized spacial score (nSPS) is 20.3. The zero-order valence-corrected chi connectivity index (χ0v) is 17.0. The average Bonchev–Trinajstić information content (AvgIpc) is 3.20. The second-order valence-corrected chi connectivity index (χ2v) is 7.65. The van der Waals surface area contributed by atoms with Crippen molar-refractivity contribution in [3.8, 4) is 5.75 Å². The fourth-order valence-corrected chi connectivity index (χ4v) is 4.02. The summed E-state index contributed by atoms with van der Waals surface area (Å²) >= 11 is 0. The molecule has 0 radical (unpaired) electrons. The van der Waals surface area contributed by atoms with Gasteiger partial charge in [-0.15, -0.1) is 0 Å². The lowest BCUT2D eigenvalue weighted by molar-refractivity contribution is -0.120. The number of aromatic nitrogens is 2. The fourth-order valence-electron chi connectivity index (χ4n) is 4.02. The molecule has 3 heterocycles. The van der Waals surface area contributed by atoms with Crippen molar-refractivity contribution in [2.24, 2.45) is 0 Å². The van der Waals surface area contributed by atoms with Crippen molar-refractivity contribution in [3.05, 3.63) is 77.1 Å². The van der Waals surface area contributed by atoms with Gasteiger partial charge in [-0.25, -0.2) is 0 Å². The zero-order chi connectivity index (χ0) is 21.4. The molecule has 2 aliphatic heterocycles. The number of hydrogen-bond donors (Lipinski definition) is 2. The summed E-state index contributed by atoms with van der Waals surface area (Å²) in [4.78, 5) is 27.5. The molecule has 31 heavy (non-hydrogen) atoms. The molecule has 158 valence electrons. The van der Waals surface area contributed by atoms with Gasteiger partial charge in [0.2, 0.25) is 0 Å². The molecule has 0 saturated heterocycles. The minimum atomic E-state index is -0.818. The number of carbonyl (C=O) groups excluding carboxylic acids is 2. The first-order valence-electron chi connectivity index (χ1n) is 10.1. The van der Waals surface area contributed by atoms with Crippen LogP contribution >= 0.6 is 0 Å². The Bertz CT molecular complexity index is 1130. The third-order valence-corrected chi connectivity index (χ3v) is 5.72. The number of H-pyrrole nitrogens is 1. The van der Waals surface area contributed by atoms with Crippen molar-refractivity contribution in [3.63, 3.8) is 0 Å². The summed E-state index contributed by atoms with van der Waals surface area (Å²) in [6, 6.07) is 16.4. The number of ether oxygens (including phenoxy) is 2. The predicted octanol–water partition coefficient (Wildman–Crippen LogP) is 2.38. The molecule has 2 atom stereocenters. The van der Waals surface area contributed by atoms with Gasteiger partial charge >= 0.3 is 0 Å². The molecular weight excluding hydrogens is 396 g/mol. The second kappa shape index (κ2) is 7.88. The van der Waals surface area contributed by atoms with Gasteiger partial charge in [-0.3, -0.25) is 14.7 Å². The Labute approximate surface area is 179 Å². The molecular formula is C23H22N4O4. The lowest BCUT2D eigenvalue weighted by Crippen LogP contribution is -2.49. The van der Waals surface area contributed by atoms with Crippen LogP contribution in [0.4, 0.5) is 5.69 Å². The SMILES string of the molecule is CN1C(=O)[C@@H](NC(=O)c2n[nH]c3c2CC(c2ccccc2)OC3)COc2ccccc21. The first-order chi connectivity index (χ1) is 15.1. The van der Waals surface area contributed by atoms with Crippen LogP contribution in [0, 0.1) is 0 Å². The minimum absolute atomic E-state index is 0.0499. The number of para-hydroxylation sites is 2. The predicted molar refractivity (Wildman–Crippen MR) is 113 cm³/mol. The first-order valence-corrected chi connectivity index (χ1v) is 10.1. The van der Waals surface area contributed by atoms with Crippen molar-refractivity contribution >= 4 is 17.5 Å². The highest BCUT2D eigenvalue weighted by molar-refractivity contribution is 6.03. The van der Waals surface area contributed by atoms with Crippen LogP contribution in [0.3, 0.4) is 0 Å². The van der Waals surface area contributed by atoms with Crippen LogP contribution in [-0.2, 0) is 22.6 Å². The van der Waals surface area contributed by atoms with Crippen LogP contribution in [0.15, 0.2) is 54.6 Å². The van der Waals surface area contributed by atoms with Gasteiger partial charge in [0.1, 0.15) is 18.4 Å².